The molecule has 1 amide bonds. The van der Waals surface area contributed by atoms with E-state index in [1.165, 1.54) is 5.56 Å². The Kier molecular flexibility index (Phi) is 9.16. The number of anilines is 1. The van der Waals surface area contributed by atoms with Gasteiger partial charge in [-0.05, 0) is 56.4 Å². The van der Waals surface area contributed by atoms with E-state index >= 15 is 0 Å². The first-order valence-corrected chi connectivity index (χ1v) is 10.7. The molecule has 0 spiro atoms. The van der Waals surface area contributed by atoms with Crippen LogP contribution in [0.5, 0.6) is 0 Å². The van der Waals surface area contributed by atoms with Crippen molar-refractivity contribution in [2.24, 2.45) is 0 Å². The Morgan fingerprint density at radius 1 is 1.08 bits per heavy atom. The number of unbranched alkanes of at least 4 members (excludes halogenated alkanes) is 5. The van der Waals surface area contributed by atoms with Crippen LogP contribution in [0.2, 0.25) is 0 Å². The molecule has 1 aliphatic rings. The number of halogens is 1. The number of carbonyl (C=O) groups excluding carboxylic acids is 2. The quantitative estimate of drug-likeness (QED) is 0.373. The van der Waals surface area contributed by atoms with E-state index in [4.69, 9.17) is 4.74 Å². The van der Waals surface area contributed by atoms with Gasteiger partial charge in [-0.1, -0.05) is 41.6 Å². The lowest BCUT2D eigenvalue weighted by Crippen LogP contribution is -2.35. The summed E-state index contributed by atoms with van der Waals surface area (Å²) in [6, 6.07) is 6.20. The Balaban J connectivity index is 1.61. The van der Waals surface area contributed by atoms with Crippen LogP contribution in [0.4, 0.5) is 5.69 Å². The smallest absolute Gasteiger partial charge is 0.305 e. The largest absolute Gasteiger partial charge is 0.466 e. The maximum atomic E-state index is 12.6. The molecule has 0 aliphatic carbocycles. The SMILES string of the molecule is CCOC(=O)CCCCCCCCC(=O)N1CCCc2cc(Br)ccc21. The van der Waals surface area contributed by atoms with Crippen LogP contribution in [0.1, 0.15) is 70.3 Å². The average Bonchev–Trinajstić information content (AvgIpc) is 2.63. The second-order valence-corrected chi connectivity index (χ2v) is 7.76. The van der Waals surface area contributed by atoms with Crippen LogP contribution < -0.4 is 4.90 Å². The highest BCUT2D eigenvalue weighted by atomic mass is 79.9. The van der Waals surface area contributed by atoms with Crippen molar-refractivity contribution in [1.29, 1.82) is 0 Å². The fourth-order valence-electron chi connectivity index (χ4n) is 3.45. The van der Waals surface area contributed by atoms with Crippen LogP contribution in [0.3, 0.4) is 0 Å². The molecule has 144 valence electrons. The monoisotopic (exact) mass is 423 g/mol. The zero-order valence-corrected chi connectivity index (χ0v) is 17.4. The first kappa shape index (κ1) is 20.9. The summed E-state index contributed by atoms with van der Waals surface area (Å²) < 4.78 is 6.00. The Hall–Kier alpha value is -1.36. The van der Waals surface area contributed by atoms with E-state index in [0.29, 0.717) is 19.4 Å². The molecule has 0 radical (unpaired) electrons. The second kappa shape index (κ2) is 11.4. The van der Waals surface area contributed by atoms with Crippen LogP contribution in [0, 0.1) is 0 Å². The average molecular weight is 424 g/mol. The molecule has 0 saturated carbocycles. The molecule has 2 rings (SSSR count). The van der Waals surface area contributed by atoms with Crippen LogP contribution in [-0.4, -0.2) is 25.0 Å². The van der Waals surface area contributed by atoms with Crippen molar-refractivity contribution in [3.8, 4) is 0 Å². The van der Waals surface area contributed by atoms with Crippen molar-refractivity contribution >= 4 is 33.5 Å². The molecule has 1 heterocycles. The van der Waals surface area contributed by atoms with E-state index < -0.39 is 0 Å². The lowest BCUT2D eigenvalue weighted by atomic mass is 10.0. The van der Waals surface area contributed by atoms with Gasteiger partial charge in [0.05, 0.1) is 6.61 Å². The Labute approximate surface area is 165 Å². The summed E-state index contributed by atoms with van der Waals surface area (Å²) >= 11 is 3.51. The molecule has 26 heavy (non-hydrogen) atoms. The number of esters is 1. The van der Waals surface area contributed by atoms with Gasteiger partial charge in [0, 0.05) is 29.5 Å². The molecule has 5 heteroatoms. The molecule has 0 atom stereocenters. The summed E-state index contributed by atoms with van der Waals surface area (Å²) in [5, 5.41) is 0. The van der Waals surface area contributed by atoms with Crippen molar-refractivity contribution in [1.82, 2.24) is 0 Å². The van der Waals surface area contributed by atoms with Crippen molar-refractivity contribution < 1.29 is 14.3 Å². The van der Waals surface area contributed by atoms with Gasteiger partial charge in [0.25, 0.3) is 0 Å². The van der Waals surface area contributed by atoms with E-state index in [-0.39, 0.29) is 11.9 Å². The third-order valence-electron chi connectivity index (χ3n) is 4.79. The molecule has 0 N–H and O–H groups in total. The van der Waals surface area contributed by atoms with Crippen LogP contribution in [-0.2, 0) is 20.7 Å². The Bertz CT molecular complexity index is 603. The highest BCUT2D eigenvalue weighted by Gasteiger charge is 2.21. The minimum absolute atomic E-state index is 0.0908. The lowest BCUT2D eigenvalue weighted by Gasteiger charge is -2.29. The van der Waals surface area contributed by atoms with Crippen LogP contribution >= 0.6 is 15.9 Å². The standard InChI is InChI=1S/C21H30BrNO3/c1-2-26-21(25)12-8-6-4-3-5-7-11-20(24)23-15-9-10-17-16-18(22)13-14-19(17)23/h13-14,16H,2-12,15H2,1H3. The highest BCUT2D eigenvalue weighted by molar-refractivity contribution is 9.10. The normalized spacial score (nSPS) is 13.4. The molecule has 4 nitrogen and oxygen atoms in total. The number of ether oxygens (including phenoxy) is 1. The number of aryl methyl sites for hydroxylation is 1. The van der Waals surface area contributed by atoms with Gasteiger partial charge in [-0.15, -0.1) is 0 Å². The van der Waals surface area contributed by atoms with Gasteiger partial charge in [-0.2, -0.15) is 0 Å². The first-order valence-electron chi connectivity index (χ1n) is 9.86. The number of hydrogen-bond donors (Lipinski definition) is 0. The van der Waals surface area contributed by atoms with Crippen molar-refractivity contribution in [2.45, 2.75) is 71.1 Å². The summed E-state index contributed by atoms with van der Waals surface area (Å²) in [6.45, 7) is 3.13. The lowest BCUT2D eigenvalue weighted by molar-refractivity contribution is -0.143. The van der Waals surface area contributed by atoms with E-state index in [9.17, 15) is 9.59 Å². The number of fused-ring (bicyclic) bond motifs is 1. The van der Waals surface area contributed by atoms with E-state index in [2.05, 4.69) is 28.1 Å². The van der Waals surface area contributed by atoms with Gasteiger partial charge in [-0.25, -0.2) is 0 Å². The van der Waals surface area contributed by atoms with E-state index in [1.807, 2.05) is 17.9 Å². The maximum Gasteiger partial charge on any atom is 0.305 e. The van der Waals surface area contributed by atoms with Gasteiger partial charge in [0.15, 0.2) is 0 Å². The number of amides is 1. The summed E-state index contributed by atoms with van der Waals surface area (Å²) in [4.78, 5) is 25.8. The fraction of sp³-hybridized carbons (Fsp3) is 0.619. The molecular weight excluding hydrogens is 394 g/mol. The third-order valence-corrected chi connectivity index (χ3v) is 5.28. The van der Waals surface area contributed by atoms with Gasteiger partial charge in [0.2, 0.25) is 5.91 Å². The highest BCUT2D eigenvalue weighted by Crippen LogP contribution is 2.30. The molecule has 0 unspecified atom stereocenters. The second-order valence-electron chi connectivity index (χ2n) is 6.85. The first-order chi connectivity index (χ1) is 12.6. The minimum atomic E-state index is -0.0908. The van der Waals surface area contributed by atoms with Crippen molar-refractivity contribution in [3.05, 3.63) is 28.2 Å². The van der Waals surface area contributed by atoms with Gasteiger partial charge in [0.1, 0.15) is 0 Å². The van der Waals surface area contributed by atoms with Gasteiger partial charge in [-0.3, -0.25) is 9.59 Å². The van der Waals surface area contributed by atoms with Crippen LogP contribution in [0.25, 0.3) is 0 Å². The van der Waals surface area contributed by atoms with E-state index in [0.717, 1.165) is 68.1 Å². The minimum Gasteiger partial charge on any atom is -0.466 e. The van der Waals surface area contributed by atoms with Crippen molar-refractivity contribution in [3.63, 3.8) is 0 Å². The molecule has 1 aromatic rings. The van der Waals surface area contributed by atoms with Gasteiger partial charge < -0.3 is 9.64 Å². The molecule has 0 saturated heterocycles. The zero-order chi connectivity index (χ0) is 18.8. The van der Waals surface area contributed by atoms with Crippen LogP contribution in [0.15, 0.2) is 22.7 Å². The fourth-order valence-corrected chi connectivity index (χ4v) is 3.85. The zero-order valence-electron chi connectivity index (χ0n) is 15.8. The molecule has 1 aliphatic heterocycles. The Morgan fingerprint density at radius 3 is 2.50 bits per heavy atom. The molecule has 0 aromatic heterocycles. The summed E-state index contributed by atoms with van der Waals surface area (Å²) in [5.41, 5.74) is 2.35. The molecule has 1 aromatic carbocycles. The summed E-state index contributed by atoms with van der Waals surface area (Å²) in [6.07, 6.45) is 9.45. The maximum absolute atomic E-state index is 12.6. The number of carbonyl (C=O) groups is 2. The van der Waals surface area contributed by atoms with Crippen molar-refractivity contribution in [2.75, 3.05) is 18.1 Å². The molecule has 0 bridgehead atoms. The summed E-state index contributed by atoms with van der Waals surface area (Å²) in [7, 11) is 0. The third kappa shape index (κ3) is 6.75. The van der Waals surface area contributed by atoms with E-state index in [1.54, 1.807) is 0 Å². The summed E-state index contributed by atoms with van der Waals surface area (Å²) in [5.74, 6) is 0.155. The predicted molar refractivity (Wildman–Crippen MR) is 108 cm³/mol. The number of nitrogens with zero attached hydrogens (tertiary/aromatic N) is 1. The number of hydrogen-bond acceptors (Lipinski definition) is 3. The number of rotatable bonds is 10. The molecule has 0 fully saturated rings. The van der Waals surface area contributed by atoms with Gasteiger partial charge >= 0.3 is 5.97 Å². The topological polar surface area (TPSA) is 46.6 Å². The number of benzene rings is 1. The molecular formula is C21H30BrNO3. The Morgan fingerprint density at radius 2 is 1.77 bits per heavy atom. The predicted octanol–water partition coefficient (Wildman–Crippen LogP) is 5.41.